The van der Waals surface area contributed by atoms with Crippen LogP contribution in [-0.4, -0.2) is 75.9 Å². The van der Waals surface area contributed by atoms with Gasteiger partial charge in [-0.2, -0.15) is 0 Å². The summed E-state index contributed by atoms with van der Waals surface area (Å²) in [6.45, 7) is 0.677. The predicted octanol–water partition coefficient (Wildman–Crippen LogP) is 1.07. The molecule has 0 spiro atoms. The molecule has 6 N–H and O–H groups in total. The molecular formula is C21H30N4O8. The first-order valence-electron chi connectivity index (χ1n) is 10.4. The van der Waals surface area contributed by atoms with Gasteiger partial charge in [0, 0.05) is 26.6 Å². The Morgan fingerprint density at radius 2 is 1.58 bits per heavy atom. The molecule has 1 rings (SSSR count). The minimum Gasteiger partial charge on any atom is -0.481 e. The second-order valence-corrected chi connectivity index (χ2v) is 7.33. The third-order valence-corrected chi connectivity index (χ3v) is 4.80. The van der Waals surface area contributed by atoms with Gasteiger partial charge in [-0.15, -0.1) is 0 Å². The van der Waals surface area contributed by atoms with Gasteiger partial charge in [0.2, 0.25) is 0 Å². The lowest BCUT2D eigenvalue weighted by Crippen LogP contribution is -2.52. The van der Waals surface area contributed by atoms with Crippen molar-refractivity contribution in [3.63, 3.8) is 0 Å². The van der Waals surface area contributed by atoms with Crippen molar-refractivity contribution in [3.05, 3.63) is 35.9 Å². The van der Waals surface area contributed by atoms with Crippen LogP contribution in [-0.2, 0) is 20.9 Å². The Bertz CT molecular complexity index is 818. The smallest absolute Gasteiger partial charge is 0.326 e. The van der Waals surface area contributed by atoms with Gasteiger partial charge in [-0.3, -0.25) is 4.79 Å². The number of carbonyl (C=O) groups excluding carboxylic acids is 2. The summed E-state index contributed by atoms with van der Waals surface area (Å²) in [4.78, 5) is 58.4. The number of likely N-dealkylation sites (N-methyl/N-ethyl adjacent to an activating group) is 1. The number of nitrogens with one attached hydrogen (secondary N) is 3. The second-order valence-electron chi connectivity index (χ2n) is 7.33. The number of aliphatic carboxylic acids is 3. The van der Waals surface area contributed by atoms with Crippen molar-refractivity contribution in [1.29, 1.82) is 0 Å². The third-order valence-electron chi connectivity index (χ3n) is 4.80. The molecule has 4 amide bonds. The second kappa shape index (κ2) is 14.3. The maximum absolute atomic E-state index is 12.3. The van der Waals surface area contributed by atoms with E-state index in [1.54, 1.807) is 0 Å². The van der Waals surface area contributed by atoms with Gasteiger partial charge in [-0.25, -0.2) is 19.2 Å². The Kier molecular flexibility index (Phi) is 11.8. The summed E-state index contributed by atoms with van der Waals surface area (Å²) in [6, 6.07) is 5.40. The molecule has 12 heteroatoms. The first-order valence-corrected chi connectivity index (χ1v) is 10.4. The molecule has 0 saturated heterocycles. The zero-order valence-corrected chi connectivity index (χ0v) is 18.3. The molecule has 2 atom stereocenters. The first kappa shape index (κ1) is 27.2. The maximum Gasteiger partial charge on any atom is 0.326 e. The van der Waals surface area contributed by atoms with Crippen LogP contribution in [0.4, 0.5) is 9.59 Å². The Morgan fingerprint density at radius 3 is 2.15 bits per heavy atom. The van der Waals surface area contributed by atoms with Crippen LogP contribution >= 0.6 is 0 Å². The van der Waals surface area contributed by atoms with Crippen molar-refractivity contribution in [1.82, 2.24) is 20.9 Å². The summed E-state index contributed by atoms with van der Waals surface area (Å²) in [5.74, 6) is -3.89. The summed E-state index contributed by atoms with van der Waals surface area (Å²) in [5, 5.41) is 34.8. The van der Waals surface area contributed by atoms with E-state index < -0.39 is 42.4 Å². The molecule has 0 aliphatic heterocycles. The predicted molar refractivity (Wildman–Crippen MR) is 117 cm³/mol. The van der Waals surface area contributed by atoms with Gasteiger partial charge in [-0.1, -0.05) is 30.3 Å². The third kappa shape index (κ3) is 10.8. The van der Waals surface area contributed by atoms with Crippen LogP contribution in [0.25, 0.3) is 0 Å². The highest BCUT2D eigenvalue weighted by molar-refractivity contribution is 5.86. The van der Waals surface area contributed by atoms with E-state index in [1.165, 1.54) is 7.05 Å². The van der Waals surface area contributed by atoms with Crippen LogP contribution in [0, 0.1) is 0 Å². The fourth-order valence-electron chi connectivity index (χ4n) is 2.91. The summed E-state index contributed by atoms with van der Waals surface area (Å²) in [7, 11) is 1.22. The summed E-state index contributed by atoms with van der Waals surface area (Å²) in [6.07, 6.45) is 0.137. The average Bonchev–Trinajstić information content (AvgIpc) is 2.77. The largest absolute Gasteiger partial charge is 0.481 e. The van der Waals surface area contributed by atoms with Gasteiger partial charge >= 0.3 is 30.0 Å². The van der Waals surface area contributed by atoms with E-state index in [0.29, 0.717) is 25.9 Å². The molecule has 1 aromatic rings. The standard InChI is InChI=1S/C21H30N4O8/c1-25(21(33)24-15(18(28)29)10-11-17(26)27)16(19(30)31)9-5-6-12-22-20(32)23-13-14-7-3-2-4-8-14/h2-4,7-8,15-16H,5-6,9-13H2,1H3,(H,24,33)(H,26,27)(H,28,29)(H,30,31)(H2,22,23,32)/t15-,16-/m0/s1. The molecule has 1 aromatic carbocycles. The van der Waals surface area contributed by atoms with Crippen molar-refractivity contribution in [2.45, 2.75) is 50.7 Å². The van der Waals surface area contributed by atoms with Crippen molar-refractivity contribution in [3.8, 4) is 0 Å². The summed E-state index contributed by atoms with van der Waals surface area (Å²) < 4.78 is 0. The molecule has 0 aliphatic rings. The molecule has 33 heavy (non-hydrogen) atoms. The molecule has 0 unspecified atom stereocenters. The number of benzene rings is 1. The van der Waals surface area contributed by atoms with Gasteiger partial charge < -0.3 is 36.2 Å². The van der Waals surface area contributed by atoms with Gasteiger partial charge in [0.25, 0.3) is 0 Å². The van der Waals surface area contributed by atoms with Gasteiger partial charge in [0.15, 0.2) is 0 Å². The number of hydrogen-bond acceptors (Lipinski definition) is 5. The van der Waals surface area contributed by atoms with Crippen LogP contribution in [0.5, 0.6) is 0 Å². The lowest BCUT2D eigenvalue weighted by Gasteiger charge is -2.26. The van der Waals surface area contributed by atoms with Gasteiger partial charge in [0.1, 0.15) is 12.1 Å². The Labute approximate surface area is 191 Å². The zero-order valence-electron chi connectivity index (χ0n) is 18.3. The number of nitrogens with zero attached hydrogens (tertiary/aromatic N) is 1. The average molecular weight is 466 g/mol. The molecule has 182 valence electrons. The fourth-order valence-corrected chi connectivity index (χ4v) is 2.91. The fraction of sp³-hybridized carbons (Fsp3) is 0.476. The Hall–Kier alpha value is -3.83. The molecule has 0 aliphatic carbocycles. The van der Waals surface area contributed by atoms with Crippen molar-refractivity contribution in [2.75, 3.05) is 13.6 Å². The van der Waals surface area contributed by atoms with Crippen LogP contribution in [0.1, 0.15) is 37.7 Å². The molecule has 0 saturated carbocycles. The van der Waals surface area contributed by atoms with E-state index in [2.05, 4.69) is 16.0 Å². The van der Waals surface area contributed by atoms with Crippen LogP contribution in [0.15, 0.2) is 30.3 Å². The number of unbranched alkanes of at least 4 members (excludes halogenated alkanes) is 1. The van der Waals surface area contributed by atoms with Crippen LogP contribution in [0.2, 0.25) is 0 Å². The number of hydrogen-bond donors (Lipinski definition) is 6. The molecule has 0 heterocycles. The monoisotopic (exact) mass is 466 g/mol. The SMILES string of the molecule is CN(C(=O)N[C@@H](CCC(=O)O)C(=O)O)[C@@H](CCCCNC(=O)NCc1ccccc1)C(=O)O. The van der Waals surface area contributed by atoms with Gasteiger partial charge in [-0.05, 0) is 31.2 Å². The minimum atomic E-state index is -1.45. The highest BCUT2D eigenvalue weighted by Gasteiger charge is 2.29. The molecule has 0 bridgehead atoms. The van der Waals surface area contributed by atoms with Crippen molar-refractivity contribution < 1.29 is 39.3 Å². The normalized spacial score (nSPS) is 12.2. The van der Waals surface area contributed by atoms with E-state index in [0.717, 1.165) is 10.5 Å². The van der Waals surface area contributed by atoms with E-state index in [9.17, 15) is 29.1 Å². The molecule has 0 fully saturated rings. The van der Waals surface area contributed by atoms with E-state index in [-0.39, 0.29) is 18.9 Å². The highest BCUT2D eigenvalue weighted by Crippen LogP contribution is 2.09. The zero-order chi connectivity index (χ0) is 24.8. The van der Waals surface area contributed by atoms with Crippen molar-refractivity contribution >= 4 is 30.0 Å². The number of amides is 4. The van der Waals surface area contributed by atoms with E-state index >= 15 is 0 Å². The molecule has 12 nitrogen and oxygen atoms in total. The first-order chi connectivity index (χ1) is 15.6. The Balaban J connectivity index is 2.41. The number of carbonyl (C=O) groups is 5. The molecule has 0 radical (unpaired) electrons. The number of carboxylic acids is 3. The van der Waals surface area contributed by atoms with Crippen LogP contribution < -0.4 is 16.0 Å². The summed E-state index contributed by atoms with van der Waals surface area (Å²) >= 11 is 0. The number of urea groups is 2. The van der Waals surface area contributed by atoms with Crippen LogP contribution in [0.3, 0.4) is 0 Å². The van der Waals surface area contributed by atoms with Crippen molar-refractivity contribution in [2.24, 2.45) is 0 Å². The highest BCUT2D eigenvalue weighted by atomic mass is 16.4. The van der Waals surface area contributed by atoms with E-state index in [1.807, 2.05) is 30.3 Å². The minimum absolute atomic E-state index is 0.0828. The topological polar surface area (TPSA) is 185 Å². The summed E-state index contributed by atoms with van der Waals surface area (Å²) in [5.41, 5.74) is 0.950. The lowest BCUT2D eigenvalue weighted by atomic mass is 10.1. The van der Waals surface area contributed by atoms with Gasteiger partial charge in [0.05, 0.1) is 0 Å². The molecule has 0 aromatic heterocycles. The number of rotatable bonds is 14. The Morgan fingerprint density at radius 1 is 0.909 bits per heavy atom. The lowest BCUT2D eigenvalue weighted by molar-refractivity contribution is -0.142. The maximum atomic E-state index is 12.3. The van der Waals surface area contributed by atoms with E-state index in [4.69, 9.17) is 10.2 Å². The molecular weight excluding hydrogens is 436 g/mol. The number of carboxylic acid groups (broad SMARTS) is 3. The quantitative estimate of drug-likeness (QED) is 0.220.